The van der Waals surface area contributed by atoms with E-state index in [9.17, 15) is 9.18 Å². The van der Waals surface area contributed by atoms with Gasteiger partial charge in [0, 0.05) is 19.1 Å². The maximum Gasteiger partial charge on any atom is 0.263 e. The molecule has 1 aliphatic heterocycles. The van der Waals surface area contributed by atoms with E-state index in [-0.39, 0.29) is 11.7 Å². The summed E-state index contributed by atoms with van der Waals surface area (Å²) >= 11 is 0. The normalized spacial score (nSPS) is 17.7. The Morgan fingerprint density at radius 2 is 1.96 bits per heavy atom. The molecule has 0 radical (unpaired) electrons. The molecule has 0 saturated carbocycles. The van der Waals surface area contributed by atoms with Crippen molar-refractivity contribution in [3.63, 3.8) is 0 Å². The summed E-state index contributed by atoms with van der Waals surface area (Å²) in [6.07, 6.45) is 1.60. The molecule has 0 aromatic heterocycles. The lowest BCUT2D eigenvalue weighted by Gasteiger charge is -2.29. The number of benzene rings is 2. The van der Waals surface area contributed by atoms with Gasteiger partial charge in [-0.05, 0) is 56.1 Å². The lowest BCUT2D eigenvalue weighted by molar-refractivity contribution is -0.139. The minimum Gasteiger partial charge on any atom is -0.481 e. The van der Waals surface area contributed by atoms with Crippen LogP contribution in [0, 0.1) is 5.82 Å². The highest BCUT2D eigenvalue weighted by Crippen LogP contribution is 2.16. The van der Waals surface area contributed by atoms with Crippen molar-refractivity contribution in [2.24, 2.45) is 0 Å². The van der Waals surface area contributed by atoms with Gasteiger partial charge < -0.3 is 15.0 Å². The Labute approximate surface area is 154 Å². The molecule has 5 heteroatoms. The number of carbonyl (C=O) groups is 1. The van der Waals surface area contributed by atoms with Crippen LogP contribution < -0.4 is 10.1 Å². The molecule has 0 spiro atoms. The number of nitrogens with one attached hydrogen (secondary N) is 1. The van der Waals surface area contributed by atoms with Gasteiger partial charge in [0.15, 0.2) is 6.10 Å². The second kappa shape index (κ2) is 8.81. The second-order valence-corrected chi connectivity index (χ2v) is 6.71. The van der Waals surface area contributed by atoms with E-state index < -0.39 is 6.10 Å². The first kappa shape index (κ1) is 18.4. The highest BCUT2D eigenvalue weighted by Gasteiger charge is 2.26. The van der Waals surface area contributed by atoms with Gasteiger partial charge in [0.1, 0.15) is 11.6 Å². The molecule has 0 bridgehead atoms. The number of hydrogen-bond acceptors (Lipinski definition) is 3. The molecular formula is C21H25FN2O2. The monoisotopic (exact) mass is 356 g/mol. The number of carbonyl (C=O) groups excluding carboxylic acids is 1. The Hall–Kier alpha value is -2.40. The molecule has 1 unspecified atom stereocenters. The first-order chi connectivity index (χ1) is 12.6. The van der Waals surface area contributed by atoms with Gasteiger partial charge in [-0.2, -0.15) is 0 Å². The second-order valence-electron chi connectivity index (χ2n) is 6.71. The Bertz CT molecular complexity index is 700. The van der Waals surface area contributed by atoms with Crippen molar-refractivity contribution >= 4 is 5.91 Å². The molecule has 1 fully saturated rings. The molecule has 26 heavy (non-hydrogen) atoms. The van der Waals surface area contributed by atoms with Gasteiger partial charge in [0.25, 0.3) is 5.91 Å². The molecule has 4 nitrogen and oxygen atoms in total. The third-order valence-corrected chi connectivity index (χ3v) is 4.61. The van der Waals surface area contributed by atoms with E-state index in [0.717, 1.165) is 24.9 Å². The Kier molecular flexibility index (Phi) is 6.23. The number of ether oxygens (including phenoxy) is 1. The fourth-order valence-electron chi connectivity index (χ4n) is 3.23. The molecule has 1 heterocycles. The largest absolute Gasteiger partial charge is 0.481 e. The lowest BCUT2D eigenvalue weighted by Crippen LogP contribution is -2.45. The van der Waals surface area contributed by atoms with Crippen molar-refractivity contribution < 1.29 is 13.9 Å². The van der Waals surface area contributed by atoms with Crippen LogP contribution in [0.4, 0.5) is 4.39 Å². The van der Waals surface area contributed by atoms with E-state index in [0.29, 0.717) is 24.9 Å². The smallest absolute Gasteiger partial charge is 0.263 e. The molecule has 2 aromatic rings. The number of hydrogen-bond donors (Lipinski definition) is 1. The topological polar surface area (TPSA) is 41.6 Å². The van der Waals surface area contributed by atoms with Crippen LogP contribution in [0.2, 0.25) is 0 Å². The van der Waals surface area contributed by atoms with Crippen LogP contribution in [0.5, 0.6) is 5.75 Å². The van der Waals surface area contributed by atoms with E-state index in [1.807, 2.05) is 35.2 Å². The molecule has 3 rings (SSSR count). The van der Waals surface area contributed by atoms with Crippen molar-refractivity contribution in [3.8, 4) is 5.75 Å². The van der Waals surface area contributed by atoms with Gasteiger partial charge in [-0.1, -0.05) is 30.3 Å². The fourth-order valence-corrected chi connectivity index (χ4v) is 3.23. The van der Waals surface area contributed by atoms with Crippen molar-refractivity contribution in [1.82, 2.24) is 10.2 Å². The van der Waals surface area contributed by atoms with Gasteiger partial charge in [-0.25, -0.2) is 4.39 Å². The molecule has 0 aliphatic carbocycles. The predicted molar refractivity (Wildman–Crippen MR) is 99.4 cm³/mol. The highest BCUT2D eigenvalue weighted by atomic mass is 19.1. The maximum atomic E-state index is 13.2. The molecule has 1 saturated heterocycles. The fraction of sp³-hybridized carbons (Fsp3) is 0.381. The van der Waals surface area contributed by atoms with Crippen LogP contribution in [-0.2, 0) is 11.3 Å². The van der Waals surface area contributed by atoms with E-state index in [1.165, 1.54) is 12.1 Å². The third kappa shape index (κ3) is 5.05. The first-order valence-electron chi connectivity index (χ1n) is 9.10. The van der Waals surface area contributed by atoms with Crippen molar-refractivity contribution in [2.75, 3.05) is 13.1 Å². The minimum atomic E-state index is -0.584. The van der Waals surface area contributed by atoms with Gasteiger partial charge in [0.05, 0.1) is 0 Å². The van der Waals surface area contributed by atoms with E-state index in [1.54, 1.807) is 19.1 Å². The van der Waals surface area contributed by atoms with E-state index in [4.69, 9.17) is 4.74 Å². The third-order valence-electron chi connectivity index (χ3n) is 4.61. The molecule has 1 N–H and O–H groups in total. The van der Waals surface area contributed by atoms with Crippen LogP contribution in [0.3, 0.4) is 0 Å². The number of amides is 1. The molecular weight excluding hydrogens is 331 g/mol. The lowest BCUT2D eigenvalue weighted by atomic mass is 10.1. The van der Waals surface area contributed by atoms with E-state index in [2.05, 4.69) is 5.32 Å². The first-order valence-corrected chi connectivity index (χ1v) is 9.10. The average molecular weight is 356 g/mol. The van der Waals surface area contributed by atoms with Crippen molar-refractivity contribution in [1.29, 1.82) is 0 Å². The standard InChI is InChI=1S/C21H25FN2O2/c1-16(26-20-7-3-2-4-8-20)21(25)24(15-19-6-5-13-23-19)14-17-9-11-18(22)12-10-17/h2-4,7-12,16,19,23H,5-6,13-15H2,1H3/t16-,19?/m1/s1. The van der Waals surface area contributed by atoms with Gasteiger partial charge in [-0.15, -0.1) is 0 Å². The van der Waals surface area contributed by atoms with Gasteiger partial charge >= 0.3 is 0 Å². The number of para-hydroxylation sites is 1. The quantitative estimate of drug-likeness (QED) is 0.827. The van der Waals surface area contributed by atoms with Crippen LogP contribution >= 0.6 is 0 Å². The zero-order chi connectivity index (χ0) is 18.4. The highest BCUT2D eigenvalue weighted by molar-refractivity contribution is 5.81. The maximum absolute atomic E-state index is 13.2. The molecule has 1 aliphatic rings. The van der Waals surface area contributed by atoms with Crippen LogP contribution in [0.15, 0.2) is 54.6 Å². The summed E-state index contributed by atoms with van der Waals surface area (Å²) in [7, 11) is 0. The predicted octanol–water partition coefficient (Wildman–Crippen LogP) is 3.37. The van der Waals surface area contributed by atoms with E-state index >= 15 is 0 Å². The van der Waals surface area contributed by atoms with Crippen molar-refractivity contribution in [2.45, 2.75) is 38.5 Å². The summed E-state index contributed by atoms with van der Waals surface area (Å²) in [6, 6.07) is 15.9. The summed E-state index contributed by atoms with van der Waals surface area (Å²) in [5.74, 6) is 0.339. The molecule has 2 aromatic carbocycles. The Balaban J connectivity index is 1.70. The SMILES string of the molecule is C[C@@H](Oc1ccccc1)C(=O)N(Cc1ccc(F)cc1)CC1CCCN1. The Morgan fingerprint density at radius 1 is 1.23 bits per heavy atom. The summed E-state index contributed by atoms with van der Waals surface area (Å²) < 4.78 is 19.0. The summed E-state index contributed by atoms with van der Waals surface area (Å²) in [4.78, 5) is 14.8. The van der Waals surface area contributed by atoms with Crippen LogP contribution in [0.25, 0.3) is 0 Å². The molecule has 1 amide bonds. The zero-order valence-electron chi connectivity index (χ0n) is 15.0. The zero-order valence-corrected chi connectivity index (χ0v) is 15.0. The van der Waals surface area contributed by atoms with Crippen LogP contribution in [0.1, 0.15) is 25.3 Å². The summed E-state index contributed by atoms with van der Waals surface area (Å²) in [6.45, 7) is 3.83. The summed E-state index contributed by atoms with van der Waals surface area (Å²) in [5, 5.41) is 3.43. The number of nitrogens with zero attached hydrogens (tertiary/aromatic N) is 1. The average Bonchev–Trinajstić information content (AvgIpc) is 3.16. The molecule has 2 atom stereocenters. The number of halogens is 1. The van der Waals surface area contributed by atoms with Crippen LogP contribution in [-0.4, -0.2) is 36.0 Å². The number of rotatable bonds is 7. The van der Waals surface area contributed by atoms with Crippen molar-refractivity contribution in [3.05, 3.63) is 66.0 Å². The molecule has 138 valence electrons. The minimum absolute atomic E-state index is 0.0631. The van der Waals surface area contributed by atoms with Gasteiger partial charge in [-0.3, -0.25) is 4.79 Å². The van der Waals surface area contributed by atoms with Gasteiger partial charge in [0.2, 0.25) is 0 Å². The summed E-state index contributed by atoms with van der Waals surface area (Å²) in [5.41, 5.74) is 0.907. The Morgan fingerprint density at radius 3 is 2.62 bits per heavy atom.